The molecule has 3 heterocycles. The van der Waals surface area contributed by atoms with Crippen molar-refractivity contribution in [2.24, 2.45) is 5.92 Å². The molecule has 2 atom stereocenters. The van der Waals surface area contributed by atoms with Crippen molar-refractivity contribution < 1.29 is 27.5 Å². The monoisotopic (exact) mass is 429 g/mol. The predicted molar refractivity (Wildman–Crippen MR) is 105 cm³/mol. The standard InChI is InChI=1S/C19H31N3O6S/c1-29(25,26)20-16-8-9-21-17(16)11-27-15-6-4-14(5-7-15)22(10-13-2-3-13)19(24)28-12-18(21)23/h13-17,20H,2-12H2,1H3/t14?,15?,16-,17?/m0/s1. The highest BCUT2D eigenvalue weighted by molar-refractivity contribution is 7.88. The molecule has 0 radical (unpaired) electrons. The second kappa shape index (κ2) is 8.39. The lowest BCUT2D eigenvalue weighted by molar-refractivity contribution is -0.137. The van der Waals surface area contributed by atoms with Crippen molar-refractivity contribution in [3.63, 3.8) is 0 Å². The topological polar surface area (TPSA) is 105 Å². The molecule has 9 nitrogen and oxygen atoms in total. The molecule has 29 heavy (non-hydrogen) atoms. The summed E-state index contributed by atoms with van der Waals surface area (Å²) in [6, 6.07) is -0.646. The summed E-state index contributed by atoms with van der Waals surface area (Å²) < 4.78 is 37.7. The van der Waals surface area contributed by atoms with Gasteiger partial charge in [0.1, 0.15) is 0 Å². The Morgan fingerprint density at radius 1 is 1.07 bits per heavy atom. The van der Waals surface area contributed by atoms with Crippen LogP contribution in [-0.2, 0) is 24.3 Å². The van der Waals surface area contributed by atoms with Gasteiger partial charge in [0, 0.05) is 25.2 Å². The summed E-state index contributed by atoms with van der Waals surface area (Å²) in [6.45, 7) is 1.08. The van der Waals surface area contributed by atoms with Crippen LogP contribution >= 0.6 is 0 Å². The van der Waals surface area contributed by atoms with Crippen molar-refractivity contribution in [3.05, 3.63) is 0 Å². The van der Waals surface area contributed by atoms with Gasteiger partial charge in [0.25, 0.3) is 5.91 Å². The predicted octanol–water partition coefficient (Wildman–Crippen LogP) is 0.695. The smallest absolute Gasteiger partial charge is 0.410 e. The van der Waals surface area contributed by atoms with E-state index >= 15 is 0 Å². The highest BCUT2D eigenvalue weighted by Crippen LogP contribution is 2.34. The van der Waals surface area contributed by atoms with E-state index in [1.165, 1.54) is 0 Å². The molecule has 5 rings (SSSR count). The molecule has 164 valence electrons. The summed E-state index contributed by atoms with van der Waals surface area (Å²) in [4.78, 5) is 29.0. The normalized spacial score (nSPS) is 34.2. The van der Waals surface area contributed by atoms with Gasteiger partial charge in [0.15, 0.2) is 6.61 Å². The summed E-state index contributed by atoms with van der Waals surface area (Å²) >= 11 is 0. The molecule has 1 N–H and O–H groups in total. The van der Waals surface area contributed by atoms with Crippen LogP contribution in [0, 0.1) is 5.92 Å². The van der Waals surface area contributed by atoms with Crippen molar-refractivity contribution >= 4 is 22.0 Å². The summed E-state index contributed by atoms with van der Waals surface area (Å²) in [5.74, 6) is 0.247. The third-order valence-electron chi connectivity index (χ3n) is 6.52. The van der Waals surface area contributed by atoms with Gasteiger partial charge in [-0.05, 0) is 50.9 Å². The number of hydrogen-bond donors (Lipinski definition) is 1. The molecule has 0 aromatic heterocycles. The molecule has 5 fully saturated rings. The molecular formula is C19H31N3O6S. The number of amides is 2. The second-order valence-electron chi connectivity index (χ2n) is 8.85. The summed E-state index contributed by atoms with van der Waals surface area (Å²) in [5, 5.41) is 0. The third kappa shape index (κ3) is 5.21. The van der Waals surface area contributed by atoms with E-state index in [1.807, 2.05) is 4.90 Å². The molecule has 0 aromatic rings. The van der Waals surface area contributed by atoms with Crippen LogP contribution in [0.15, 0.2) is 0 Å². The number of carbonyl (C=O) groups is 2. The molecule has 10 heteroatoms. The van der Waals surface area contributed by atoms with E-state index < -0.39 is 28.2 Å². The fourth-order valence-corrected chi connectivity index (χ4v) is 5.61. The average molecular weight is 430 g/mol. The number of carbonyl (C=O) groups excluding carboxylic acids is 2. The first-order valence-electron chi connectivity index (χ1n) is 10.6. The summed E-state index contributed by atoms with van der Waals surface area (Å²) in [6.07, 6.45) is 7.01. The zero-order valence-electron chi connectivity index (χ0n) is 16.9. The molecule has 1 unspecified atom stereocenters. The molecule has 2 saturated carbocycles. The summed E-state index contributed by atoms with van der Waals surface area (Å²) in [7, 11) is -3.40. The Labute approximate surface area is 172 Å². The van der Waals surface area contributed by atoms with Crippen LogP contribution in [0.5, 0.6) is 0 Å². The zero-order chi connectivity index (χ0) is 20.6. The number of nitrogens with one attached hydrogen (secondary N) is 1. The third-order valence-corrected chi connectivity index (χ3v) is 7.26. The number of nitrogens with zero attached hydrogens (tertiary/aromatic N) is 2. The number of rotatable bonds is 4. The van der Waals surface area contributed by atoms with Gasteiger partial charge >= 0.3 is 6.09 Å². The number of fused-ring (bicyclic) bond motifs is 7. The fraction of sp³-hybridized carbons (Fsp3) is 0.895. The van der Waals surface area contributed by atoms with E-state index in [-0.39, 0.29) is 31.3 Å². The van der Waals surface area contributed by atoms with E-state index in [0.29, 0.717) is 25.4 Å². The molecule has 2 amide bonds. The Kier molecular flexibility index (Phi) is 6.04. The lowest BCUT2D eigenvalue weighted by Crippen LogP contribution is -2.50. The van der Waals surface area contributed by atoms with Crippen LogP contribution in [-0.4, -0.2) is 87.0 Å². The quantitative estimate of drug-likeness (QED) is 0.705. The minimum absolute atomic E-state index is 0.0715. The Morgan fingerprint density at radius 3 is 2.45 bits per heavy atom. The maximum atomic E-state index is 12.8. The van der Waals surface area contributed by atoms with Crippen molar-refractivity contribution in [1.29, 1.82) is 0 Å². The maximum Gasteiger partial charge on any atom is 0.410 e. The number of ether oxygens (including phenoxy) is 2. The molecule has 0 aromatic carbocycles. The van der Waals surface area contributed by atoms with E-state index in [9.17, 15) is 18.0 Å². The first kappa shape index (κ1) is 20.9. The summed E-state index contributed by atoms with van der Waals surface area (Å²) in [5.41, 5.74) is 0. The van der Waals surface area contributed by atoms with E-state index in [0.717, 1.165) is 44.8 Å². The minimum atomic E-state index is -3.40. The zero-order valence-corrected chi connectivity index (χ0v) is 17.7. The van der Waals surface area contributed by atoms with Gasteiger partial charge in [0.05, 0.1) is 25.0 Å². The van der Waals surface area contributed by atoms with Crippen molar-refractivity contribution in [3.8, 4) is 0 Å². The van der Waals surface area contributed by atoms with Crippen LogP contribution in [0.4, 0.5) is 4.79 Å². The maximum absolute atomic E-state index is 12.8. The van der Waals surface area contributed by atoms with Crippen molar-refractivity contribution in [2.75, 3.05) is 32.6 Å². The van der Waals surface area contributed by atoms with Crippen LogP contribution in [0.3, 0.4) is 0 Å². The molecular weight excluding hydrogens is 398 g/mol. The number of hydrogen-bond acceptors (Lipinski definition) is 6. The molecule has 5 aliphatic rings. The minimum Gasteiger partial charge on any atom is -0.439 e. The molecule has 3 saturated heterocycles. The van der Waals surface area contributed by atoms with Crippen molar-refractivity contribution in [1.82, 2.24) is 14.5 Å². The molecule has 0 spiro atoms. The van der Waals surface area contributed by atoms with Crippen LogP contribution < -0.4 is 4.72 Å². The first-order valence-corrected chi connectivity index (χ1v) is 12.5. The highest BCUT2D eigenvalue weighted by atomic mass is 32.2. The molecule has 2 bridgehead atoms. The Bertz CT molecular complexity index is 732. The second-order valence-corrected chi connectivity index (χ2v) is 10.6. The lowest BCUT2D eigenvalue weighted by atomic mass is 9.91. The van der Waals surface area contributed by atoms with E-state index in [4.69, 9.17) is 9.47 Å². The Morgan fingerprint density at radius 2 is 1.79 bits per heavy atom. The van der Waals surface area contributed by atoms with E-state index in [2.05, 4.69) is 4.72 Å². The molecule has 2 aliphatic carbocycles. The highest BCUT2D eigenvalue weighted by Gasteiger charge is 2.41. The Balaban J connectivity index is 1.51. The number of sulfonamides is 1. The van der Waals surface area contributed by atoms with Crippen LogP contribution in [0.2, 0.25) is 0 Å². The van der Waals surface area contributed by atoms with Crippen LogP contribution in [0.25, 0.3) is 0 Å². The van der Waals surface area contributed by atoms with Gasteiger partial charge in [0.2, 0.25) is 10.0 Å². The van der Waals surface area contributed by atoms with Gasteiger partial charge in [-0.1, -0.05) is 0 Å². The van der Waals surface area contributed by atoms with Gasteiger partial charge in [-0.3, -0.25) is 4.79 Å². The van der Waals surface area contributed by atoms with E-state index in [1.54, 1.807) is 4.90 Å². The van der Waals surface area contributed by atoms with Gasteiger partial charge < -0.3 is 19.3 Å². The Hall–Kier alpha value is -1.39. The lowest BCUT2D eigenvalue weighted by Gasteiger charge is -2.36. The molecule has 3 aliphatic heterocycles. The fourth-order valence-electron chi connectivity index (χ4n) is 4.78. The van der Waals surface area contributed by atoms with Crippen LogP contribution in [0.1, 0.15) is 44.9 Å². The first-order chi connectivity index (χ1) is 13.8. The largest absolute Gasteiger partial charge is 0.439 e. The van der Waals surface area contributed by atoms with Gasteiger partial charge in [-0.2, -0.15) is 0 Å². The van der Waals surface area contributed by atoms with Crippen molar-refractivity contribution in [2.45, 2.75) is 69.2 Å². The SMILES string of the molecule is CS(=O)(=O)N[C@H]1CCN2C(=O)COC(=O)N(CC3CC3)C3CCC(CC3)OCC12. The average Bonchev–Trinajstić information content (AvgIpc) is 3.41. The van der Waals surface area contributed by atoms with Gasteiger partial charge in [-0.25, -0.2) is 17.9 Å². The van der Waals surface area contributed by atoms with Gasteiger partial charge in [-0.15, -0.1) is 0 Å².